The summed E-state index contributed by atoms with van der Waals surface area (Å²) in [5.74, 6) is 1.54. The third kappa shape index (κ3) is 3.42. The summed E-state index contributed by atoms with van der Waals surface area (Å²) in [5.41, 5.74) is 3.02. The van der Waals surface area contributed by atoms with Gasteiger partial charge in [-0.1, -0.05) is 10.4 Å². The van der Waals surface area contributed by atoms with E-state index >= 15 is 0 Å². The van der Waals surface area contributed by atoms with Gasteiger partial charge in [-0.2, -0.15) is 4.98 Å². The fraction of sp³-hybridized carbons (Fsp3) is 0.200. The maximum absolute atomic E-state index is 13.6. The molecule has 0 fully saturated rings. The van der Waals surface area contributed by atoms with Gasteiger partial charge in [0.25, 0.3) is 5.89 Å². The highest BCUT2D eigenvalue weighted by Crippen LogP contribution is 2.30. The lowest BCUT2D eigenvalue weighted by molar-refractivity contribution is 0.394. The molecule has 0 saturated carbocycles. The molecule has 8 nitrogen and oxygen atoms in total. The van der Waals surface area contributed by atoms with E-state index in [1.807, 2.05) is 6.92 Å². The summed E-state index contributed by atoms with van der Waals surface area (Å²) >= 11 is 0. The molecule has 2 aromatic carbocycles. The van der Waals surface area contributed by atoms with Crippen molar-refractivity contribution < 1.29 is 18.4 Å². The summed E-state index contributed by atoms with van der Waals surface area (Å²) in [7, 11) is 3.14. The van der Waals surface area contributed by atoms with Gasteiger partial charge in [-0.3, -0.25) is 0 Å². The molecule has 0 saturated heterocycles. The Balaban J connectivity index is 1.71. The molecule has 0 unspecified atom stereocenters. The topological polar surface area (TPSA) is 88.1 Å². The normalized spacial score (nSPS) is 10.9. The fourth-order valence-corrected chi connectivity index (χ4v) is 2.91. The number of aryl methyl sites for hydroxylation is 1. The first-order valence-electron chi connectivity index (χ1n) is 8.76. The fourth-order valence-electron chi connectivity index (χ4n) is 2.91. The molecular weight excluding hydrogens is 377 g/mol. The molecule has 9 heteroatoms. The predicted octanol–water partition coefficient (Wildman–Crippen LogP) is 3.76. The second kappa shape index (κ2) is 7.34. The van der Waals surface area contributed by atoms with Gasteiger partial charge in [0.2, 0.25) is 5.82 Å². The van der Waals surface area contributed by atoms with E-state index in [1.54, 1.807) is 56.2 Å². The van der Waals surface area contributed by atoms with Crippen LogP contribution in [0.3, 0.4) is 0 Å². The van der Waals surface area contributed by atoms with Crippen molar-refractivity contribution in [1.82, 2.24) is 25.1 Å². The molecule has 0 aliphatic rings. The lowest BCUT2D eigenvalue weighted by atomic mass is 10.2. The van der Waals surface area contributed by atoms with Crippen molar-refractivity contribution in [3.8, 4) is 40.2 Å². The van der Waals surface area contributed by atoms with Crippen LogP contribution in [0, 0.1) is 19.7 Å². The molecule has 0 radical (unpaired) electrons. The van der Waals surface area contributed by atoms with E-state index in [4.69, 9.17) is 14.0 Å². The molecule has 0 aliphatic heterocycles. The first-order valence-corrected chi connectivity index (χ1v) is 8.76. The number of aromatic nitrogens is 5. The lowest BCUT2D eigenvalue weighted by Crippen LogP contribution is -2.00. The van der Waals surface area contributed by atoms with Crippen LogP contribution in [-0.2, 0) is 0 Å². The van der Waals surface area contributed by atoms with Crippen LogP contribution in [0.15, 0.2) is 40.9 Å². The molecule has 0 aliphatic carbocycles. The zero-order valence-electron chi connectivity index (χ0n) is 16.3. The summed E-state index contributed by atoms with van der Waals surface area (Å²) in [6.07, 6.45) is 0. The van der Waals surface area contributed by atoms with Crippen molar-refractivity contribution in [2.75, 3.05) is 14.2 Å². The van der Waals surface area contributed by atoms with Crippen molar-refractivity contribution in [3.63, 3.8) is 0 Å². The van der Waals surface area contributed by atoms with E-state index in [0.717, 1.165) is 0 Å². The quantitative estimate of drug-likeness (QED) is 0.508. The first-order chi connectivity index (χ1) is 14.0. The Morgan fingerprint density at radius 3 is 2.38 bits per heavy atom. The van der Waals surface area contributed by atoms with Gasteiger partial charge in [0, 0.05) is 11.6 Å². The molecular formula is C20H18FN5O3. The number of ether oxygens (including phenoxy) is 2. The second-order valence-electron chi connectivity index (χ2n) is 6.39. The molecule has 148 valence electrons. The highest BCUT2D eigenvalue weighted by atomic mass is 19.1. The number of hydrogen-bond donors (Lipinski definition) is 0. The van der Waals surface area contributed by atoms with Gasteiger partial charge in [-0.25, -0.2) is 9.07 Å². The third-order valence-electron chi connectivity index (χ3n) is 4.52. The van der Waals surface area contributed by atoms with Gasteiger partial charge in [0.15, 0.2) is 5.69 Å². The van der Waals surface area contributed by atoms with Crippen molar-refractivity contribution in [2.24, 2.45) is 0 Å². The molecule has 0 spiro atoms. The second-order valence-corrected chi connectivity index (χ2v) is 6.39. The van der Waals surface area contributed by atoms with E-state index in [9.17, 15) is 4.39 Å². The largest absolute Gasteiger partial charge is 0.497 e. The van der Waals surface area contributed by atoms with Gasteiger partial charge in [0.05, 0.1) is 25.6 Å². The molecule has 2 heterocycles. The third-order valence-corrected chi connectivity index (χ3v) is 4.52. The number of hydrogen-bond acceptors (Lipinski definition) is 7. The minimum atomic E-state index is -0.276. The number of nitrogens with zero attached hydrogens (tertiary/aromatic N) is 5. The van der Waals surface area contributed by atoms with Crippen LogP contribution in [0.1, 0.15) is 11.3 Å². The Labute approximate surface area is 165 Å². The molecule has 0 N–H and O–H groups in total. The van der Waals surface area contributed by atoms with Gasteiger partial charge >= 0.3 is 0 Å². The molecule has 4 aromatic rings. The summed E-state index contributed by atoms with van der Waals surface area (Å²) in [6.45, 7) is 3.52. The van der Waals surface area contributed by atoms with Crippen LogP contribution in [0.5, 0.6) is 11.5 Å². The zero-order chi connectivity index (χ0) is 20.5. The minimum absolute atomic E-state index is 0.226. The van der Waals surface area contributed by atoms with E-state index in [2.05, 4.69) is 20.5 Å². The monoisotopic (exact) mass is 395 g/mol. The number of methoxy groups -OCH3 is 2. The van der Waals surface area contributed by atoms with Crippen molar-refractivity contribution in [2.45, 2.75) is 13.8 Å². The van der Waals surface area contributed by atoms with Gasteiger partial charge in [-0.05, 0) is 49.7 Å². The number of halogens is 1. The van der Waals surface area contributed by atoms with E-state index in [-0.39, 0.29) is 11.7 Å². The van der Waals surface area contributed by atoms with Crippen LogP contribution >= 0.6 is 0 Å². The maximum Gasteiger partial charge on any atom is 0.280 e. The number of benzene rings is 2. The summed E-state index contributed by atoms with van der Waals surface area (Å²) in [6, 6.07) is 10.0. The van der Waals surface area contributed by atoms with Crippen molar-refractivity contribution in [3.05, 3.63) is 53.5 Å². The standard InChI is InChI=1S/C20H18FN5O3/c1-11-7-14(5-6-17(11)21)26-12(2)18(23-25-26)20-22-19(24-29-20)13-8-15(27-3)10-16(9-13)28-4/h5-10H,1-4H3. The van der Waals surface area contributed by atoms with Gasteiger partial charge < -0.3 is 14.0 Å². The molecule has 2 aromatic heterocycles. The van der Waals surface area contributed by atoms with Crippen LogP contribution in [-0.4, -0.2) is 39.4 Å². The smallest absolute Gasteiger partial charge is 0.280 e. The first kappa shape index (κ1) is 18.6. The molecule has 29 heavy (non-hydrogen) atoms. The van der Waals surface area contributed by atoms with E-state index < -0.39 is 0 Å². The Bertz CT molecular complexity index is 1160. The SMILES string of the molecule is COc1cc(OC)cc(-c2noc(-c3nnn(-c4ccc(F)c(C)c4)c3C)n2)c1. The molecule has 0 atom stereocenters. The van der Waals surface area contributed by atoms with E-state index in [1.165, 1.54) is 6.07 Å². The Kier molecular flexibility index (Phi) is 4.71. The van der Waals surface area contributed by atoms with Crippen molar-refractivity contribution >= 4 is 0 Å². The molecule has 0 bridgehead atoms. The van der Waals surface area contributed by atoms with Crippen LogP contribution in [0.25, 0.3) is 28.7 Å². The Morgan fingerprint density at radius 1 is 1.00 bits per heavy atom. The van der Waals surface area contributed by atoms with Gasteiger partial charge in [0.1, 0.15) is 17.3 Å². The highest BCUT2D eigenvalue weighted by molar-refractivity contribution is 5.63. The summed E-state index contributed by atoms with van der Waals surface area (Å²) in [4.78, 5) is 4.44. The average Bonchev–Trinajstić information content (AvgIpc) is 3.36. The Morgan fingerprint density at radius 2 is 1.72 bits per heavy atom. The predicted molar refractivity (Wildman–Crippen MR) is 103 cm³/mol. The minimum Gasteiger partial charge on any atom is -0.497 e. The average molecular weight is 395 g/mol. The maximum atomic E-state index is 13.6. The summed E-state index contributed by atoms with van der Waals surface area (Å²) in [5, 5.41) is 12.3. The summed E-state index contributed by atoms with van der Waals surface area (Å²) < 4.78 is 31.1. The number of rotatable bonds is 5. The molecule has 0 amide bonds. The zero-order valence-corrected chi connectivity index (χ0v) is 16.3. The van der Waals surface area contributed by atoms with Crippen molar-refractivity contribution in [1.29, 1.82) is 0 Å². The molecule has 4 rings (SSSR count). The van der Waals surface area contributed by atoms with Crippen LogP contribution < -0.4 is 9.47 Å². The Hall–Kier alpha value is -3.75. The van der Waals surface area contributed by atoms with E-state index in [0.29, 0.717) is 45.5 Å². The van der Waals surface area contributed by atoms with Gasteiger partial charge in [-0.15, -0.1) is 5.10 Å². The lowest BCUT2D eigenvalue weighted by Gasteiger charge is -2.05. The van der Waals surface area contributed by atoms with Crippen LogP contribution in [0.4, 0.5) is 4.39 Å². The van der Waals surface area contributed by atoms with Crippen LogP contribution in [0.2, 0.25) is 0 Å². The highest BCUT2D eigenvalue weighted by Gasteiger charge is 2.20.